The lowest BCUT2D eigenvalue weighted by atomic mass is 9.84. The van der Waals surface area contributed by atoms with Crippen LogP contribution in [-0.4, -0.2) is 12.6 Å². The summed E-state index contributed by atoms with van der Waals surface area (Å²) in [5.74, 6) is 0.996. The van der Waals surface area contributed by atoms with E-state index in [1.54, 1.807) is 0 Å². The zero-order valence-corrected chi connectivity index (χ0v) is 13.3. The second-order valence-electron chi connectivity index (χ2n) is 5.69. The van der Waals surface area contributed by atoms with E-state index in [4.69, 9.17) is 23.2 Å². The monoisotopic (exact) mass is 299 g/mol. The summed E-state index contributed by atoms with van der Waals surface area (Å²) in [6.07, 6.45) is 5.03. The molecule has 2 atom stereocenters. The molecule has 0 aromatic heterocycles. The number of halogens is 2. The van der Waals surface area contributed by atoms with E-state index >= 15 is 0 Å². The first-order valence-electron chi connectivity index (χ1n) is 7.30. The van der Waals surface area contributed by atoms with Gasteiger partial charge in [-0.2, -0.15) is 0 Å². The van der Waals surface area contributed by atoms with Crippen LogP contribution in [0, 0.1) is 5.92 Å². The van der Waals surface area contributed by atoms with Crippen LogP contribution in [0.4, 0.5) is 0 Å². The smallest absolute Gasteiger partial charge is 0.0456 e. The predicted molar refractivity (Wildman–Crippen MR) is 84.3 cm³/mol. The molecule has 0 bridgehead atoms. The van der Waals surface area contributed by atoms with Gasteiger partial charge in [0.05, 0.1) is 0 Å². The van der Waals surface area contributed by atoms with Gasteiger partial charge in [0.1, 0.15) is 0 Å². The molecule has 0 radical (unpaired) electrons. The van der Waals surface area contributed by atoms with Crippen LogP contribution in [0.1, 0.15) is 51.0 Å². The molecular formula is C16H23Cl2N. The van der Waals surface area contributed by atoms with Crippen molar-refractivity contribution in [3.8, 4) is 0 Å². The van der Waals surface area contributed by atoms with Crippen LogP contribution in [0.5, 0.6) is 0 Å². The third-order valence-electron chi connectivity index (χ3n) is 4.01. The van der Waals surface area contributed by atoms with Gasteiger partial charge in [-0.3, -0.25) is 0 Å². The molecule has 2 unspecified atom stereocenters. The lowest BCUT2D eigenvalue weighted by Crippen LogP contribution is -2.27. The maximum atomic E-state index is 6.39. The maximum Gasteiger partial charge on any atom is 0.0456 e. The molecule has 0 spiro atoms. The maximum absolute atomic E-state index is 6.39. The third-order valence-corrected chi connectivity index (χ3v) is 4.66. The van der Waals surface area contributed by atoms with E-state index in [9.17, 15) is 0 Å². The SMILES string of the molecule is CCCC(C)C(CNC1CC1)c1c(Cl)cccc1Cl. The highest BCUT2D eigenvalue weighted by atomic mass is 35.5. The van der Waals surface area contributed by atoms with Gasteiger partial charge in [0.15, 0.2) is 0 Å². The lowest BCUT2D eigenvalue weighted by molar-refractivity contribution is 0.403. The van der Waals surface area contributed by atoms with Crippen LogP contribution in [0.2, 0.25) is 10.0 Å². The Labute approximate surface area is 126 Å². The van der Waals surface area contributed by atoms with Crippen molar-refractivity contribution in [2.45, 2.75) is 51.5 Å². The number of benzene rings is 1. The van der Waals surface area contributed by atoms with Gasteiger partial charge in [0, 0.05) is 28.5 Å². The summed E-state index contributed by atoms with van der Waals surface area (Å²) in [4.78, 5) is 0. The highest BCUT2D eigenvalue weighted by Gasteiger charge is 2.27. The van der Waals surface area contributed by atoms with Gasteiger partial charge in [0.2, 0.25) is 0 Å². The Morgan fingerprint density at radius 3 is 2.42 bits per heavy atom. The summed E-state index contributed by atoms with van der Waals surface area (Å²) < 4.78 is 0. The first kappa shape index (κ1) is 15.2. The van der Waals surface area contributed by atoms with E-state index < -0.39 is 0 Å². The van der Waals surface area contributed by atoms with Gasteiger partial charge in [-0.1, -0.05) is 56.0 Å². The molecule has 1 aliphatic carbocycles. The Morgan fingerprint density at radius 2 is 1.89 bits per heavy atom. The van der Waals surface area contributed by atoms with Crippen molar-refractivity contribution in [3.63, 3.8) is 0 Å². The Bertz CT molecular complexity index is 395. The van der Waals surface area contributed by atoms with Crippen molar-refractivity contribution in [2.75, 3.05) is 6.54 Å². The molecule has 106 valence electrons. The number of hydrogen-bond donors (Lipinski definition) is 1. The first-order valence-corrected chi connectivity index (χ1v) is 8.06. The molecule has 3 heteroatoms. The van der Waals surface area contributed by atoms with Gasteiger partial charge in [0.25, 0.3) is 0 Å². The molecule has 1 nitrogen and oxygen atoms in total. The fourth-order valence-corrected chi connectivity index (χ4v) is 3.37. The summed E-state index contributed by atoms with van der Waals surface area (Å²) in [7, 11) is 0. The first-order chi connectivity index (χ1) is 9.13. The quantitative estimate of drug-likeness (QED) is 0.723. The van der Waals surface area contributed by atoms with E-state index in [-0.39, 0.29) is 0 Å². The van der Waals surface area contributed by atoms with Crippen molar-refractivity contribution in [3.05, 3.63) is 33.8 Å². The van der Waals surface area contributed by atoms with Crippen LogP contribution in [0.3, 0.4) is 0 Å². The summed E-state index contributed by atoms with van der Waals surface area (Å²) in [6.45, 7) is 5.52. The Hall–Kier alpha value is -0.240. The Morgan fingerprint density at radius 1 is 1.26 bits per heavy atom. The molecular weight excluding hydrogens is 277 g/mol. The molecule has 19 heavy (non-hydrogen) atoms. The minimum atomic E-state index is 0.404. The van der Waals surface area contributed by atoms with Crippen LogP contribution >= 0.6 is 23.2 Å². The van der Waals surface area contributed by atoms with Gasteiger partial charge in [-0.05, 0) is 36.5 Å². The average molecular weight is 300 g/mol. The summed E-state index contributed by atoms with van der Waals surface area (Å²) in [6, 6.07) is 6.54. The summed E-state index contributed by atoms with van der Waals surface area (Å²) >= 11 is 12.8. The zero-order chi connectivity index (χ0) is 13.8. The number of hydrogen-bond acceptors (Lipinski definition) is 1. The molecule has 2 rings (SSSR count). The molecule has 0 saturated heterocycles. The van der Waals surface area contributed by atoms with Crippen LogP contribution in [0.25, 0.3) is 0 Å². The third kappa shape index (κ3) is 4.11. The molecule has 0 aliphatic heterocycles. The minimum Gasteiger partial charge on any atom is -0.313 e. The molecule has 1 fully saturated rings. The zero-order valence-electron chi connectivity index (χ0n) is 11.8. The van der Waals surface area contributed by atoms with Crippen molar-refractivity contribution in [1.82, 2.24) is 5.32 Å². The second kappa shape index (κ2) is 6.97. The van der Waals surface area contributed by atoms with Gasteiger partial charge in [-0.15, -0.1) is 0 Å². The number of rotatable bonds is 7. The van der Waals surface area contributed by atoms with Gasteiger partial charge >= 0.3 is 0 Å². The molecule has 0 heterocycles. The fourth-order valence-electron chi connectivity index (χ4n) is 2.69. The molecule has 1 N–H and O–H groups in total. The van der Waals surface area contributed by atoms with Crippen molar-refractivity contribution in [1.29, 1.82) is 0 Å². The van der Waals surface area contributed by atoms with Crippen molar-refractivity contribution >= 4 is 23.2 Å². The largest absolute Gasteiger partial charge is 0.313 e. The molecule has 1 aromatic carbocycles. The summed E-state index contributed by atoms with van der Waals surface area (Å²) in [5.41, 5.74) is 1.12. The van der Waals surface area contributed by atoms with Crippen LogP contribution in [0.15, 0.2) is 18.2 Å². The van der Waals surface area contributed by atoms with E-state index in [0.29, 0.717) is 11.8 Å². The lowest BCUT2D eigenvalue weighted by Gasteiger charge is -2.26. The highest BCUT2D eigenvalue weighted by molar-refractivity contribution is 6.36. The van der Waals surface area contributed by atoms with Gasteiger partial charge in [-0.25, -0.2) is 0 Å². The van der Waals surface area contributed by atoms with Crippen molar-refractivity contribution in [2.24, 2.45) is 5.92 Å². The molecule has 0 amide bonds. The standard InChI is InChI=1S/C16H23Cl2N/c1-3-5-11(2)13(10-19-12-8-9-12)16-14(17)6-4-7-15(16)18/h4,6-7,11-13,19H,3,5,8-10H2,1-2H3. The summed E-state index contributed by atoms with van der Waals surface area (Å²) in [5, 5.41) is 5.24. The Balaban J connectivity index is 2.18. The van der Waals surface area contributed by atoms with Crippen LogP contribution < -0.4 is 5.32 Å². The second-order valence-corrected chi connectivity index (χ2v) is 6.50. The van der Waals surface area contributed by atoms with Crippen molar-refractivity contribution < 1.29 is 0 Å². The van der Waals surface area contributed by atoms with E-state index in [1.807, 2.05) is 18.2 Å². The molecule has 1 saturated carbocycles. The average Bonchev–Trinajstić information content (AvgIpc) is 3.17. The van der Waals surface area contributed by atoms with E-state index in [0.717, 1.165) is 28.2 Å². The Kier molecular flexibility index (Phi) is 5.56. The fraction of sp³-hybridized carbons (Fsp3) is 0.625. The minimum absolute atomic E-state index is 0.404. The van der Waals surface area contributed by atoms with Gasteiger partial charge < -0.3 is 5.32 Å². The van der Waals surface area contributed by atoms with E-state index in [2.05, 4.69) is 19.2 Å². The molecule has 1 aromatic rings. The van der Waals surface area contributed by atoms with Crippen LogP contribution in [-0.2, 0) is 0 Å². The number of nitrogens with one attached hydrogen (secondary N) is 1. The normalized spacial score (nSPS) is 18.3. The van der Waals surface area contributed by atoms with E-state index in [1.165, 1.54) is 25.7 Å². The molecule has 1 aliphatic rings. The predicted octanol–water partition coefficient (Wildman–Crippen LogP) is 5.27. The topological polar surface area (TPSA) is 12.0 Å². The highest BCUT2D eigenvalue weighted by Crippen LogP contribution is 2.37.